The minimum atomic E-state index is -3.80. The number of anilines is 1. The molecule has 2 aliphatic heterocycles. The summed E-state index contributed by atoms with van der Waals surface area (Å²) in [6, 6.07) is 4.43. The topological polar surface area (TPSA) is 84.0 Å². The predicted octanol–water partition coefficient (Wildman–Crippen LogP) is 2.69. The lowest BCUT2D eigenvalue weighted by Crippen LogP contribution is -2.43. The van der Waals surface area contributed by atoms with E-state index in [1.807, 2.05) is 6.92 Å². The summed E-state index contributed by atoms with van der Waals surface area (Å²) in [5.41, 5.74) is 0.286. The average Bonchev–Trinajstić information content (AvgIpc) is 2.67. The lowest BCUT2D eigenvalue weighted by molar-refractivity contribution is -0.129. The van der Waals surface area contributed by atoms with Gasteiger partial charge in [-0.25, -0.2) is 8.42 Å². The van der Waals surface area contributed by atoms with E-state index in [9.17, 15) is 18.0 Å². The number of methoxy groups -OCH3 is 1. The molecule has 0 N–H and O–H groups in total. The van der Waals surface area contributed by atoms with Crippen molar-refractivity contribution in [3.8, 4) is 5.75 Å². The number of piperidine rings is 2. The van der Waals surface area contributed by atoms with Gasteiger partial charge >= 0.3 is 0 Å². The highest BCUT2D eigenvalue weighted by Gasteiger charge is 2.36. The van der Waals surface area contributed by atoms with Gasteiger partial charge in [0.2, 0.25) is 21.8 Å². The fourth-order valence-electron chi connectivity index (χ4n) is 3.87. The van der Waals surface area contributed by atoms with E-state index in [-0.39, 0.29) is 47.0 Å². The van der Waals surface area contributed by atoms with Crippen molar-refractivity contribution < 1.29 is 22.7 Å². The Kier molecular flexibility index (Phi) is 5.86. The summed E-state index contributed by atoms with van der Waals surface area (Å²) in [6.07, 6.45) is 4.50. The Morgan fingerprint density at radius 3 is 2.44 bits per heavy atom. The minimum absolute atomic E-state index is 0.00836. The summed E-state index contributed by atoms with van der Waals surface area (Å²) in [6.45, 7) is 2.45. The fourth-order valence-corrected chi connectivity index (χ4v) is 5.82. The second kappa shape index (κ2) is 7.98. The first kappa shape index (κ1) is 19.8. The van der Waals surface area contributed by atoms with Crippen LogP contribution in [0.5, 0.6) is 5.75 Å². The number of imide groups is 1. The van der Waals surface area contributed by atoms with Crippen LogP contribution in [0.1, 0.15) is 51.9 Å². The first-order chi connectivity index (χ1) is 12.9. The molecule has 2 saturated heterocycles. The predicted molar refractivity (Wildman–Crippen MR) is 101 cm³/mol. The Labute approximate surface area is 160 Å². The highest BCUT2D eigenvalue weighted by molar-refractivity contribution is 7.89. The van der Waals surface area contributed by atoms with E-state index in [2.05, 4.69) is 0 Å². The van der Waals surface area contributed by atoms with Gasteiger partial charge in [0.1, 0.15) is 10.6 Å². The molecule has 0 aliphatic carbocycles. The summed E-state index contributed by atoms with van der Waals surface area (Å²) in [5.74, 6) is -0.385. The zero-order valence-electron chi connectivity index (χ0n) is 15.8. The van der Waals surface area contributed by atoms with Crippen molar-refractivity contribution in [2.75, 3.05) is 18.6 Å². The van der Waals surface area contributed by atoms with Crippen LogP contribution < -0.4 is 9.64 Å². The zero-order chi connectivity index (χ0) is 19.6. The van der Waals surface area contributed by atoms with Gasteiger partial charge in [-0.1, -0.05) is 13.3 Å². The normalized spacial score (nSPS) is 22.1. The Hall–Kier alpha value is -1.93. The molecule has 0 spiro atoms. The van der Waals surface area contributed by atoms with Gasteiger partial charge in [-0.15, -0.1) is 0 Å². The van der Waals surface area contributed by atoms with Crippen molar-refractivity contribution in [3.63, 3.8) is 0 Å². The van der Waals surface area contributed by atoms with Gasteiger partial charge in [-0.05, 0) is 43.9 Å². The molecule has 1 aromatic carbocycles. The third kappa shape index (κ3) is 3.73. The number of nitrogens with zero attached hydrogens (tertiary/aromatic N) is 2. The van der Waals surface area contributed by atoms with Crippen LogP contribution in [0.4, 0.5) is 5.69 Å². The SMILES string of the molecule is CCC1CCCCN1S(=O)(=O)c1cc(N2C(=O)CCCC2=O)ccc1OC. The third-order valence-electron chi connectivity index (χ3n) is 5.32. The molecule has 0 saturated carbocycles. The summed E-state index contributed by atoms with van der Waals surface area (Å²) in [4.78, 5) is 25.6. The molecule has 0 bridgehead atoms. The van der Waals surface area contributed by atoms with E-state index in [1.54, 1.807) is 6.07 Å². The number of benzene rings is 1. The van der Waals surface area contributed by atoms with Crippen LogP contribution in [0, 0.1) is 0 Å². The number of hydrogen-bond acceptors (Lipinski definition) is 5. The smallest absolute Gasteiger partial charge is 0.247 e. The molecule has 2 heterocycles. The molecule has 3 rings (SSSR count). The molecule has 0 aromatic heterocycles. The fraction of sp³-hybridized carbons (Fsp3) is 0.579. The maximum atomic E-state index is 13.4. The van der Waals surface area contributed by atoms with E-state index in [1.165, 1.54) is 23.5 Å². The second-order valence-corrected chi connectivity index (χ2v) is 8.84. The van der Waals surface area contributed by atoms with E-state index in [0.717, 1.165) is 30.6 Å². The molecule has 1 aromatic rings. The van der Waals surface area contributed by atoms with Crippen molar-refractivity contribution in [2.45, 2.75) is 62.8 Å². The van der Waals surface area contributed by atoms with Crippen molar-refractivity contribution in [2.24, 2.45) is 0 Å². The van der Waals surface area contributed by atoms with Crippen LogP contribution in [0.3, 0.4) is 0 Å². The summed E-state index contributed by atoms with van der Waals surface area (Å²) < 4.78 is 33.6. The van der Waals surface area contributed by atoms with E-state index >= 15 is 0 Å². The van der Waals surface area contributed by atoms with E-state index in [4.69, 9.17) is 4.74 Å². The van der Waals surface area contributed by atoms with Crippen LogP contribution >= 0.6 is 0 Å². The molecule has 1 atom stereocenters. The first-order valence-electron chi connectivity index (χ1n) is 9.45. The lowest BCUT2D eigenvalue weighted by Gasteiger charge is -2.34. The van der Waals surface area contributed by atoms with Gasteiger partial charge in [-0.3, -0.25) is 14.5 Å². The van der Waals surface area contributed by atoms with Crippen molar-refractivity contribution >= 4 is 27.5 Å². The lowest BCUT2D eigenvalue weighted by atomic mass is 10.0. The number of carbonyl (C=O) groups is 2. The standard InChI is InChI=1S/C19H26N2O5S/c1-3-14-7-4-5-12-20(14)27(24,25)17-13-15(10-11-16(17)26-2)21-18(22)8-6-9-19(21)23/h10-11,13-14H,3-9,12H2,1-2H3. The quantitative estimate of drug-likeness (QED) is 0.717. The van der Waals surface area contributed by atoms with Crippen LogP contribution in [0.25, 0.3) is 0 Å². The largest absolute Gasteiger partial charge is 0.495 e. The van der Waals surface area contributed by atoms with Crippen molar-refractivity contribution in [1.82, 2.24) is 4.31 Å². The number of hydrogen-bond donors (Lipinski definition) is 0. The summed E-state index contributed by atoms with van der Waals surface area (Å²) in [5, 5.41) is 0. The Morgan fingerprint density at radius 2 is 1.81 bits per heavy atom. The van der Waals surface area contributed by atoms with Gasteiger partial charge in [-0.2, -0.15) is 4.31 Å². The Morgan fingerprint density at radius 1 is 1.11 bits per heavy atom. The maximum Gasteiger partial charge on any atom is 0.247 e. The summed E-state index contributed by atoms with van der Waals surface area (Å²) in [7, 11) is -2.39. The molecule has 1 unspecified atom stereocenters. The minimum Gasteiger partial charge on any atom is -0.495 e. The molecule has 8 heteroatoms. The van der Waals surface area contributed by atoms with E-state index in [0.29, 0.717) is 13.0 Å². The molecule has 7 nitrogen and oxygen atoms in total. The molecule has 0 radical (unpaired) electrons. The van der Waals surface area contributed by atoms with Gasteiger partial charge in [0, 0.05) is 25.4 Å². The zero-order valence-corrected chi connectivity index (χ0v) is 16.6. The average molecular weight is 394 g/mol. The highest BCUT2D eigenvalue weighted by atomic mass is 32.2. The molecule has 148 valence electrons. The summed E-state index contributed by atoms with van der Waals surface area (Å²) >= 11 is 0. The Bertz CT molecular complexity index is 821. The number of amides is 2. The van der Waals surface area contributed by atoms with Crippen LogP contribution in [-0.4, -0.2) is 44.2 Å². The Balaban J connectivity index is 2.05. The molecule has 2 amide bonds. The van der Waals surface area contributed by atoms with Gasteiger partial charge in [0.15, 0.2) is 0 Å². The van der Waals surface area contributed by atoms with Gasteiger partial charge < -0.3 is 4.74 Å². The van der Waals surface area contributed by atoms with Gasteiger partial charge in [0.25, 0.3) is 0 Å². The maximum absolute atomic E-state index is 13.4. The van der Waals surface area contributed by atoms with Crippen LogP contribution in [-0.2, 0) is 19.6 Å². The number of sulfonamides is 1. The number of carbonyl (C=O) groups excluding carboxylic acids is 2. The highest BCUT2D eigenvalue weighted by Crippen LogP contribution is 2.35. The molecule has 27 heavy (non-hydrogen) atoms. The van der Waals surface area contributed by atoms with Crippen molar-refractivity contribution in [1.29, 1.82) is 0 Å². The molecular formula is C19H26N2O5S. The van der Waals surface area contributed by atoms with Crippen molar-refractivity contribution in [3.05, 3.63) is 18.2 Å². The molecular weight excluding hydrogens is 368 g/mol. The second-order valence-electron chi connectivity index (χ2n) is 6.99. The number of rotatable bonds is 5. The monoisotopic (exact) mass is 394 g/mol. The molecule has 2 aliphatic rings. The van der Waals surface area contributed by atoms with Crippen LogP contribution in [0.2, 0.25) is 0 Å². The first-order valence-corrected chi connectivity index (χ1v) is 10.9. The number of ether oxygens (including phenoxy) is 1. The van der Waals surface area contributed by atoms with Crippen LogP contribution in [0.15, 0.2) is 23.1 Å². The third-order valence-corrected chi connectivity index (χ3v) is 7.29. The van der Waals surface area contributed by atoms with Gasteiger partial charge in [0.05, 0.1) is 12.8 Å². The molecule has 2 fully saturated rings. The van der Waals surface area contributed by atoms with E-state index < -0.39 is 10.0 Å².